The molecule has 2 aliphatic rings. The maximum absolute atomic E-state index is 12.1. The normalized spacial score (nSPS) is 25.1. The summed E-state index contributed by atoms with van der Waals surface area (Å²) in [4.78, 5) is 14.0. The van der Waals surface area contributed by atoms with E-state index in [2.05, 4.69) is 19.2 Å². The van der Waals surface area contributed by atoms with Crippen molar-refractivity contribution in [3.63, 3.8) is 0 Å². The van der Waals surface area contributed by atoms with Gasteiger partial charge < -0.3 is 15.0 Å². The number of nitrogens with zero attached hydrogens (tertiary/aromatic N) is 1. The van der Waals surface area contributed by atoms with Gasteiger partial charge in [-0.2, -0.15) is 0 Å². The number of nitrogens with one attached hydrogen (secondary N) is 1. The van der Waals surface area contributed by atoms with E-state index in [1.54, 1.807) is 0 Å². The average molecular weight is 268 g/mol. The molecule has 4 nitrogen and oxygen atoms in total. The Bertz CT molecular complexity index is 287. The molecule has 0 aromatic heterocycles. The number of hydrogen-bond donors (Lipinski definition) is 1. The molecular formula is C15H28N2O2. The van der Waals surface area contributed by atoms with Gasteiger partial charge in [0.25, 0.3) is 0 Å². The van der Waals surface area contributed by atoms with Crippen LogP contribution in [0.3, 0.4) is 0 Å². The van der Waals surface area contributed by atoms with Gasteiger partial charge in [-0.15, -0.1) is 0 Å². The molecule has 1 aliphatic carbocycles. The fourth-order valence-corrected chi connectivity index (χ4v) is 2.92. The summed E-state index contributed by atoms with van der Waals surface area (Å²) in [7, 11) is 0. The number of amides is 1. The van der Waals surface area contributed by atoms with Crippen molar-refractivity contribution in [3.05, 3.63) is 0 Å². The summed E-state index contributed by atoms with van der Waals surface area (Å²) in [5.74, 6) is 0.161. The lowest BCUT2D eigenvalue weighted by Crippen LogP contribution is -2.38. The molecule has 1 saturated heterocycles. The average Bonchev–Trinajstić information content (AvgIpc) is 2.66. The molecule has 1 saturated carbocycles. The van der Waals surface area contributed by atoms with Gasteiger partial charge in [0, 0.05) is 19.6 Å². The van der Waals surface area contributed by atoms with E-state index in [-0.39, 0.29) is 12.5 Å². The summed E-state index contributed by atoms with van der Waals surface area (Å²) in [6.45, 7) is 8.51. The third-order valence-electron chi connectivity index (χ3n) is 4.42. The first-order valence-electron chi connectivity index (χ1n) is 7.67. The first-order valence-corrected chi connectivity index (χ1v) is 7.67. The molecule has 2 rings (SSSR count). The topological polar surface area (TPSA) is 41.6 Å². The molecule has 1 heterocycles. The second-order valence-corrected chi connectivity index (χ2v) is 6.66. The molecule has 110 valence electrons. The van der Waals surface area contributed by atoms with Crippen molar-refractivity contribution in [1.82, 2.24) is 10.2 Å². The van der Waals surface area contributed by atoms with E-state index in [0.717, 1.165) is 45.4 Å². The van der Waals surface area contributed by atoms with Gasteiger partial charge in [-0.3, -0.25) is 4.79 Å². The van der Waals surface area contributed by atoms with Crippen LogP contribution in [-0.2, 0) is 9.53 Å². The Morgan fingerprint density at radius 1 is 1.26 bits per heavy atom. The molecule has 0 aromatic carbocycles. The molecule has 19 heavy (non-hydrogen) atoms. The Morgan fingerprint density at radius 2 is 2.00 bits per heavy atom. The molecule has 0 unspecified atom stereocenters. The third-order valence-corrected chi connectivity index (χ3v) is 4.42. The Morgan fingerprint density at radius 3 is 2.74 bits per heavy atom. The van der Waals surface area contributed by atoms with Crippen molar-refractivity contribution < 1.29 is 9.53 Å². The molecule has 1 amide bonds. The lowest BCUT2D eigenvalue weighted by Gasteiger charge is -2.34. The smallest absolute Gasteiger partial charge is 0.248 e. The molecule has 0 bridgehead atoms. The molecule has 1 N–H and O–H groups in total. The van der Waals surface area contributed by atoms with E-state index in [1.807, 2.05) is 4.90 Å². The molecule has 0 aromatic rings. The minimum absolute atomic E-state index is 0.161. The molecule has 2 fully saturated rings. The zero-order chi connectivity index (χ0) is 13.7. The van der Waals surface area contributed by atoms with Gasteiger partial charge in [-0.25, -0.2) is 0 Å². The van der Waals surface area contributed by atoms with Crippen LogP contribution in [0, 0.1) is 5.41 Å². The summed E-state index contributed by atoms with van der Waals surface area (Å²) in [6.07, 6.45) is 5.95. The summed E-state index contributed by atoms with van der Waals surface area (Å²) in [5.41, 5.74) is 0.459. The van der Waals surface area contributed by atoms with Crippen LogP contribution in [0.2, 0.25) is 0 Å². The molecule has 1 aliphatic heterocycles. The fraction of sp³-hybridized carbons (Fsp3) is 0.933. The number of ether oxygens (including phenoxy) is 1. The van der Waals surface area contributed by atoms with Crippen molar-refractivity contribution in [2.24, 2.45) is 5.41 Å². The van der Waals surface area contributed by atoms with Crippen LogP contribution in [0.25, 0.3) is 0 Å². The van der Waals surface area contributed by atoms with Crippen molar-refractivity contribution in [3.8, 4) is 0 Å². The van der Waals surface area contributed by atoms with Gasteiger partial charge in [0.15, 0.2) is 0 Å². The molecule has 4 heteroatoms. The zero-order valence-corrected chi connectivity index (χ0v) is 12.4. The van der Waals surface area contributed by atoms with Crippen LogP contribution in [-0.4, -0.2) is 49.7 Å². The first-order chi connectivity index (χ1) is 9.07. The second kappa shape index (κ2) is 6.71. The van der Waals surface area contributed by atoms with Gasteiger partial charge in [0.2, 0.25) is 5.91 Å². The Labute approximate surface area is 116 Å². The lowest BCUT2D eigenvalue weighted by molar-refractivity contribution is -0.139. The highest BCUT2D eigenvalue weighted by molar-refractivity contribution is 5.77. The zero-order valence-electron chi connectivity index (χ0n) is 12.4. The Kier molecular flexibility index (Phi) is 5.22. The summed E-state index contributed by atoms with van der Waals surface area (Å²) in [5, 5.41) is 3.31. The van der Waals surface area contributed by atoms with Crippen LogP contribution < -0.4 is 5.32 Å². The fourth-order valence-electron chi connectivity index (χ4n) is 2.92. The summed E-state index contributed by atoms with van der Waals surface area (Å²) >= 11 is 0. The van der Waals surface area contributed by atoms with Crippen LogP contribution in [0.4, 0.5) is 0 Å². The SMILES string of the molecule is CC1(C)CCC(OCC(=O)N2CCCNCC2)CC1. The largest absolute Gasteiger partial charge is 0.368 e. The minimum atomic E-state index is 0.161. The van der Waals surface area contributed by atoms with Gasteiger partial charge in [0.1, 0.15) is 6.61 Å². The molecule has 0 radical (unpaired) electrons. The predicted octanol–water partition coefficient (Wildman–Crippen LogP) is 1.79. The third kappa shape index (κ3) is 4.77. The van der Waals surface area contributed by atoms with Crippen LogP contribution in [0.5, 0.6) is 0 Å². The highest BCUT2D eigenvalue weighted by Gasteiger charge is 2.28. The van der Waals surface area contributed by atoms with Crippen LogP contribution >= 0.6 is 0 Å². The Hall–Kier alpha value is -0.610. The van der Waals surface area contributed by atoms with Crippen LogP contribution in [0.1, 0.15) is 46.0 Å². The number of carbonyl (C=O) groups is 1. The second-order valence-electron chi connectivity index (χ2n) is 6.66. The van der Waals surface area contributed by atoms with E-state index >= 15 is 0 Å². The Balaban J connectivity index is 1.68. The predicted molar refractivity (Wildman–Crippen MR) is 76.1 cm³/mol. The molecular weight excluding hydrogens is 240 g/mol. The van der Waals surface area contributed by atoms with E-state index in [4.69, 9.17) is 4.74 Å². The number of rotatable bonds is 3. The maximum Gasteiger partial charge on any atom is 0.248 e. The first kappa shape index (κ1) is 14.8. The molecule has 0 atom stereocenters. The van der Waals surface area contributed by atoms with Gasteiger partial charge in [0.05, 0.1) is 6.10 Å². The number of hydrogen-bond acceptors (Lipinski definition) is 3. The summed E-state index contributed by atoms with van der Waals surface area (Å²) < 4.78 is 5.82. The summed E-state index contributed by atoms with van der Waals surface area (Å²) in [6, 6.07) is 0. The van der Waals surface area contributed by atoms with E-state index < -0.39 is 0 Å². The quantitative estimate of drug-likeness (QED) is 0.848. The highest BCUT2D eigenvalue weighted by Crippen LogP contribution is 2.36. The minimum Gasteiger partial charge on any atom is -0.368 e. The van der Waals surface area contributed by atoms with Gasteiger partial charge in [-0.05, 0) is 44.1 Å². The van der Waals surface area contributed by atoms with Crippen molar-refractivity contribution >= 4 is 5.91 Å². The maximum atomic E-state index is 12.1. The standard InChI is InChI=1S/C15H28N2O2/c1-15(2)6-4-13(5-7-15)19-12-14(18)17-10-3-8-16-9-11-17/h13,16H,3-12H2,1-2H3. The van der Waals surface area contributed by atoms with E-state index in [1.165, 1.54) is 12.8 Å². The molecule has 0 spiro atoms. The van der Waals surface area contributed by atoms with Gasteiger partial charge >= 0.3 is 0 Å². The monoisotopic (exact) mass is 268 g/mol. The van der Waals surface area contributed by atoms with Crippen molar-refractivity contribution in [2.75, 3.05) is 32.8 Å². The number of carbonyl (C=O) groups excluding carboxylic acids is 1. The highest BCUT2D eigenvalue weighted by atomic mass is 16.5. The van der Waals surface area contributed by atoms with Crippen molar-refractivity contribution in [2.45, 2.75) is 52.1 Å². The van der Waals surface area contributed by atoms with Crippen LogP contribution in [0.15, 0.2) is 0 Å². The lowest BCUT2D eigenvalue weighted by atomic mass is 9.76. The van der Waals surface area contributed by atoms with Crippen molar-refractivity contribution in [1.29, 1.82) is 0 Å². The van der Waals surface area contributed by atoms with E-state index in [9.17, 15) is 4.79 Å². The van der Waals surface area contributed by atoms with E-state index in [0.29, 0.717) is 11.5 Å². The van der Waals surface area contributed by atoms with Gasteiger partial charge in [-0.1, -0.05) is 13.8 Å².